The molecule has 3 nitrogen and oxygen atoms in total. The molecule has 0 saturated carbocycles. The SMILES string of the molecule is Cc1cccc(F)c1NC(=O)Cc1nc(CCl)cs1. The average molecular weight is 299 g/mol. The van der Waals surface area contributed by atoms with Gasteiger partial charge in [0.15, 0.2) is 0 Å². The first-order chi connectivity index (χ1) is 9.10. The van der Waals surface area contributed by atoms with Crippen LogP contribution in [-0.2, 0) is 17.1 Å². The summed E-state index contributed by atoms with van der Waals surface area (Å²) in [5, 5.41) is 5.05. The maximum atomic E-state index is 13.6. The number of thiazole rings is 1. The molecule has 0 atom stereocenters. The van der Waals surface area contributed by atoms with Gasteiger partial charge in [0, 0.05) is 5.38 Å². The number of hydrogen-bond donors (Lipinski definition) is 1. The maximum Gasteiger partial charge on any atom is 0.231 e. The van der Waals surface area contributed by atoms with Crippen molar-refractivity contribution >= 4 is 34.5 Å². The van der Waals surface area contributed by atoms with Gasteiger partial charge in [0.1, 0.15) is 10.8 Å². The van der Waals surface area contributed by atoms with Crippen LogP contribution in [0.3, 0.4) is 0 Å². The van der Waals surface area contributed by atoms with Crippen LogP contribution in [0, 0.1) is 12.7 Å². The normalized spacial score (nSPS) is 10.5. The van der Waals surface area contributed by atoms with E-state index in [0.717, 1.165) is 5.69 Å². The average Bonchev–Trinajstić information content (AvgIpc) is 2.81. The Bertz CT molecular complexity index is 580. The number of aryl methyl sites for hydroxylation is 1. The molecule has 1 aromatic heterocycles. The van der Waals surface area contributed by atoms with Gasteiger partial charge in [-0.1, -0.05) is 12.1 Å². The largest absolute Gasteiger partial charge is 0.323 e. The lowest BCUT2D eigenvalue weighted by molar-refractivity contribution is -0.115. The number of para-hydroxylation sites is 1. The Labute approximate surface area is 119 Å². The van der Waals surface area contributed by atoms with Gasteiger partial charge in [0.2, 0.25) is 5.91 Å². The molecule has 0 aliphatic rings. The van der Waals surface area contributed by atoms with Gasteiger partial charge in [-0.3, -0.25) is 4.79 Å². The number of aromatic nitrogens is 1. The summed E-state index contributed by atoms with van der Waals surface area (Å²) in [6.07, 6.45) is 0.120. The lowest BCUT2D eigenvalue weighted by Gasteiger charge is -2.08. The molecule has 100 valence electrons. The van der Waals surface area contributed by atoms with Gasteiger partial charge in [0.05, 0.1) is 23.7 Å². The Hall–Kier alpha value is -1.46. The van der Waals surface area contributed by atoms with Crippen molar-refractivity contribution in [2.24, 2.45) is 0 Å². The van der Waals surface area contributed by atoms with Crippen molar-refractivity contribution < 1.29 is 9.18 Å². The van der Waals surface area contributed by atoms with E-state index in [4.69, 9.17) is 11.6 Å². The molecule has 0 saturated heterocycles. The van der Waals surface area contributed by atoms with Crippen LogP contribution in [0.15, 0.2) is 23.6 Å². The second-order valence-corrected chi connectivity index (χ2v) is 5.23. The molecule has 1 heterocycles. The summed E-state index contributed by atoms with van der Waals surface area (Å²) < 4.78 is 13.6. The number of rotatable bonds is 4. The van der Waals surface area contributed by atoms with Gasteiger partial charge in [-0.05, 0) is 18.6 Å². The first-order valence-electron chi connectivity index (χ1n) is 5.64. The third-order valence-corrected chi connectivity index (χ3v) is 3.71. The van der Waals surface area contributed by atoms with Gasteiger partial charge < -0.3 is 5.32 Å². The summed E-state index contributed by atoms with van der Waals surface area (Å²) in [6.45, 7) is 1.74. The van der Waals surface area contributed by atoms with Crippen LogP contribution in [0.4, 0.5) is 10.1 Å². The van der Waals surface area contributed by atoms with Crippen molar-refractivity contribution in [2.75, 3.05) is 5.32 Å². The Morgan fingerprint density at radius 2 is 2.32 bits per heavy atom. The summed E-state index contributed by atoms with van der Waals surface area (Å²) >= 11 is 7.01. The summed E-state index contributed by atoms with van der Waals surface area (Å²) in [7, 11) is 0. The van der Waals surface area contributed by atoms with Gasteiger partial charge in [0.25, 0.3) is 0 Å². The van der Waals surface area contributed by atoms with E-state index in [9.17, 15) is 9.18 Å². The van der Waals surface area contributed by atoms with E-state index in [-0.39, 0.29) is 18.0 Å². The number of amides is 1. The van der Waals surface area contributed by atoms with Crippen LogP contribution in [-0.4, -0.2) is 10.9 Å². The summed E-state index contributed by atoms with van der Waals surface area (Å²) in [5.74, 6) is -0.400. The topological polar surface area (TPSA) is 42.0 Å². The molecule has 0 spiro atoms. The number of nitrogens with zero attached hydrogens (tertiary/aromatic N) is 1. The van der Waals surface area contributed by atoms with E-state index in [0.29, 0.717) is 16.5 Å². The van der Waals surface area contributed by atoms with Crippen molar-refractivity contribution in [3.8, 4) is 0 Å². The molecule has 6 heteroatoms. The van der Waals surface area contributed by atoms with Gasteiger partial charge in [-0.2, -0.15) is 0 Å². The fraction of sp³-hybridized carbons (Fsp3) is 0.231. The van der Waals surface area contributed by atoms with Crippen LogP contribution in [0.2, 0.25) is 0 Å². The first kappa shape index (κ1) is 14.0. The van der Waals surface area contributed by atoms with Crippen LogP contribution in [0.1, 0.15) is 16.3 Å². The lowest BCUT2D eigenvalue weighted by atomic mass is 10.2. The zero-order valence-corrected chi connectivity index (χ0v) is 11.8. The molecule has 0 bridgehead atoms. The highest BCUT2D eigenvalue weighted by atomic mass is 35.5. The minimum atomic E-state index is -0.436. The zero-order valence-electron chi connectivity index (χ0n) is 10.2. The number of hydrogen-bond acceptors (Lipinski definition) is 3. The highest BCUT2D eigenvalue weighted by molar-refractivity contribution is 7.09. The first-order valence-corrected chi connectivity index (χ1v) is 7.05. The standard InChI is InChI=1S/C13H12ClFN2OS/c1-8-3-2-4-10(15)13(8)17-11(18)5-12-16-9(6-14)7-19-12/h2-4,7H,5-6H2,1H3,(H,17,18). The zero-order chi connectivity index (χ0) is 13.8. The molecule has 0 radical (unpaired) electrons. The van der Waals surface area contributed by atoms with Crippen LogP contribution >= 0.6 is 22.9 Å². The van der Waals surface area contributed by atoms with Crippen LogP contribution in [0.5, 0.6) is 0 Å². The summed E-state index contributed by atoms with van der Waals surface area (Å²) in [5.41, 5.74) is 1.66. The molecule has 0 aliphatic carbocycles. The molecule has 1 amide bonds. The fourth-order valence-corrected chi connectivity index (χ4v) is 2.62. The minimum Gasteiger partial charge on any atom is -0.323 e. The molecule has 0 aliphatic heterocycles. The van der Waals surface area contributed by atoms with E-state index in [2.05, 4.69) is 10.3 Å². The third-order valence-electron chi connectivity index (χ3n) is 2.53. The Kier molecular flexibility index (Phi) is 4.50. The molecule has 1 aromatic carbocycles. The second-order valence-electron chi connectivity index (χ2n) is 4.02. The monoisotopic (exact) mass is 298 g/mol. The van der Waals surface area contributed by atoms with Crippen molar-refractivity contribution in [3.05, 3.63) is 45.7 Å². The number of carbonyl (C=O) groups excluding carboxylic acids is 1. The predicted molar refractivity (Wildman–Crippen MR) is 75.1 cm³/mol. The van der Waals surface area contributed by atoms with Crippen molar-refractivity contribution in [3.63, 3.8) is 0 Å². The highest BCUT2D eigenvalue weighted by Gasteiger charge is 2.12. The predicted octanol–water partition coefficient (Wildman–Crippen LogP) is 3.51. The molecular formula is C13H12ClFN2OS. The van der Waals surface area contributed by atoms with Gasteiger partial charge >= 0.3 is 0 Å². The minimum absolute atomic E-state index is 0.120. The quantitative estimate of drug-likeness (QED) is 0.878. The Morgan fingerprint density at radius 3 is 2.95 bits per heavy atom. The molecule has 2 aromatic rings. The second kappa shape index (κ2) is 6.12. The van der Waals surface area contributed by atoms with Crippen molar-refractivity contribution in [2.45, 2.75) is 19.2 Å². The third kappa shape index (κ3) is 3.52. The van der Waals surface area contributed by atoms with E-state index in [1.54, 1.807) is 19.1 Å². The van der Waals surface area contributed by atoms with E-state index < -0.39 is 5.82 Å². The number of alkyl halides is 1. The Balaban J connectivity index is 2.05. The number of halogens is 2. The molecular weight excluding hydrogens is 287 g/mol. The number of benzene rings is 1. The Morgan fingerprint density at radius 1 is 1.53 bits per heavy atom. The van der Waals surface area contributed by atoms with Crippen molar-refractivity contribution in [1.82, 2.24) is 4.98 Å². The number of anilines is 1. The molecule has 0 fully saturated rings. The smallest absolute Gasteiger partial charge is 0.231 e. The van der Waals surface area contributed by atoms with Gasteiger partial charge in [-0.25, -0.2) is 9.37 Å². The van der Waals surface area contributed by atoms with Crippen LogP contribution < -0.4 is 5.32 Å². The summed E-state index contributed by atoms with van der Waals surface area (Å²) in [4.78, 5) is 16.0. The molecule has 19 heavy (non-hydrogen) atoms. The summed E-state index contributed by atoms with van der Waals surface area (Å²) in [6, 6.07) is 4.67. The maximum absolute atomic E-state index is 13.6. The van der Waals surface area contributed by atoms with Crippen molar-refractivity contribution in [1.29, 1.82) is 0 Å². The van der Waals surface area contributed by atoms with E-state index in [1.165, 1.54) is 17.4 Å². The molecule has 2 rings (SSSR count). The van der Waals surface area contributed by atoms with E-state index in [1.807, 2.05) is 5.38 Å². The number of nitrogens with one attached hydrogen (secondary N) is 1. The fourth-order valence-electron chi connectivity index (χ4n) is 1.60. The number of carbonyl (C=O) groups is 1. The molecule has 0 unspecified atom stereocenters. The van der Waals surface area contributed by atoms with Gasteiger partial charge in [-0.15, -0.1) is 22.9 Å². The highest BCUT2D eigenvalue weighted by Crippen LogP contribution is 2.19. The van der Waals surface area contributed by atoms with Crippen LogP contribution in [0.25, 0.3) is 0 Å². The molecule has 1 N–H and O–H groups in total. The lowest BCUT2D eigenvalue weighted by Crippen LogP contribution is -2.16. The van der Waals surface area contributed by atoms with E-state index >= 15 is 0 Å².